The van der Waals surface area contributed by atoms with E-state index in [2.05, 4.69) is 6.92 Å². The van der Waals surface area contributed by atoms with Crippen LogP contribution in [-0.4, -0.2) is 5.91 Å². The number of carbonyl (C=O) groups excluding carboxylic acids is 1. The zero-order valence-corrected chi connectivity index (χ0v) is 4.98. The van der Waals surface area contributed by atoms with Crippen molar-refractivity contribution >= 4 is 5.91 Å². The van der Waals surface area contributed by atoms with Crippen molar-refractivity contribution in [1.29, 1.82) is 0 Å². The van der Waals surface area contributed by atoms with Gasteiger partial charge >= 0.3 is 0 Å². The van der Waals surface area contributed by atoms with E-state index in [-0.39, 0.29) is 11.8 Å². The molecule has 0 spiro atoms. The highest BCUT2D eigenvalue weighted by Gasteiger charge is 2.29. The number of hydrogen-bond acceptors (Lipinski definition) is 1. The maximum atomic E-state index is 10.2. The lowest BCUT2D eigenvalue weighted by molar-refractivity contribution is -0.126. The molecule has 8 heavy (non-hydrogen) atoms. The third-order valence-corrected chi connectivity index (χ3v) is 1.74. The lowest BCUT2D eigenvalue weighted by Gasteiger charge is -2.29. The summed E-state index contributed by atoms with van der Waals surface area (Å²) in [6, 6.07) is 0. The first-order valence-electron chi connectivity index (χ1n) is 2.95. The van der Waals surface area contributed by atoms with Gasteiger partial charge in [-0.1, -0.05) is 6.92 Å². The number of carbonyl (C=O) groups is 1. The van der Waals surface area contributed by atoms with Gasteiger partial charge in [-0.15, -0.1) is 0 Å². The minimum absolute atomic E-state index is 0.0880. The van der Waals surface area contributed by atoms with E-state index < -0.39 is 0 Å². The van der Waals surface area contributed by atoms with Crippen LogP contribution in [0, 0.1) is 11.8 Å². The van der Waals surface area contributed by atoms with Gasteiger partial charge in [-0.2, -0.15) is 0 Å². The Morgan fingerprint density at radius 1 is 1.62 bits per heavy atom. The summed E-state index contributed by atoms with van der Waals surface area (Å²) in [5.74, 6) is 0.405. The second-order valence-electron chi connectivity index (χ2n) is 2.64. The van der Waals surface area contributed by atoms with E-state index in [1.54, 1.807) is 0 Å². The monoisotopic (exact) mass is 112 g/mol. The van der Waals surface area contributed by atoms with Crippen molar-refractivity contribution in [2.75, 3.05) is 0 Å². The first kappa shape index (κ1) is 5.60. The Kier molecular flexibility index (Phi) is 1.24. The smallest absolute Gasteiger partial charge is 0.241 e. The molecular weight excluding hydrogens is 102 g/mol. The summed E-state index contributed by atoms with van der Waals surface area (Å²) >= 11 is 0. The molecule has 1 saturated carbocycles. The van der Waals surface area contributed by atoms with Gasteiger partial charge in [0, 0.05) is 5.92 Å². The quantitative estimate of drug-likeness (QED) is 0.495. The van der Waals surface area contributed by atoms with Crippen molar-refractivity contribution in [3.63, 3.8) is 0 Å². The van der Waals surface area contributed by atoms with Gasteiger partial charge < -0.3 is 0 Å². The fourth-order valence-electron chi connectivity index (χ4n) is 1.12. The predicted molar refractivity (Wildman–Crippen MR) is 30.0 cm³/mol. The molecule has 0 heterocycles. The molecule has 0 saturated heterocycles. The van der Waals surface area contributed by atoms with Crippen LogP contribution in [0.5, 0.6) is 0 Å². The Bertz CT molecular complexity index is 105. The van der Waals surface area contributed by atoms with Gasteiger partial charge in [0.1, 0.15) is 0 Å². The van der Waals surface area contributed by atoms with Gasteiger partial charge in [-0.3, -0.25) is 10.5 Å². The van der Waals surface area contributed by atoms with Gasteiger partial charge in [0.2, 0.25) is 5.91 Å². The van der Waals surface area contributed by atoms with Gasteiger partial charge in [0.25, 0.3) is 0 Å². The molecule has 1 aliphatic carbocycles. The summed E-state index contributed by atoms with van der Waals surface area (Å²) in [4.78, 5) is 10.2. The highest BCUT2D eigenvalue weighted by Crippen LogP contribution is 2.32. The molecule has 1 radical (unpaired) electrons. The molecule has 1 fully saturated rings. The van der Waals surface area contributed by atoms with E-state index >= 15 is 0 Å². The molecule has 0 aromatic heterocycles. The van der Waals surface area contributed by atoms with Crippen LogP contribution in [-0.2, 0) is 4.79 Å². The molecule has 0 aromatic carbocycles. The topological polar surface area (TPSA) is 40.9 Å². The first-order chi connectivity index (χ1) is 3.70. The summed E-state index contributed by atoms with van der Waals surface area (Å²) in [5, 5.41) is 0. The van der Waals surface area contributed by atoms with E-state index in [0.29, 0.717) is 5.92 Å². The Labute approximate surface area is 49.1 Å². The molecule has 0 atom stereocenters. The minimum atomic E-state index is -0.372. The van der Waals surface area contributed by atoms with Crippen molar-refractivity contribution in [3.8, 4) is 0 Å². The minimum Gasteiger partial charge on any atom is -0.273 e. The van der Waals surface area contributed by atoms with E-state index in [1.165, 1.54) is 0 Å². The van der Waals surface area contributed by atoms with Crippen LogP contribution in [0.4, 0.5) is 0 Å². The molecular formula is C6H10NO. The second-order valence-corrected chi connectivity index (χ2v) is 2.64. The third-order valence-electron chi connectivity index (χ3n) is 1.74. The van der Waals surface area contributed by atoms with Crippen LogP contribution in [0.3, 0.4) is 0 Å². The largest absolute Gasteiger partial charge is 0.273 e. The lowest BCUT2D eigenvalue weighted by atomic mass is 9.76. The molecule has 45 valence electrons. The number of amides is 1. The van der Waals surface area contributed by atoms with Crippen molar-refractivity contribution in [2.24, 2.45) is 11.8 Å². The molecule has 0 aliphatic heterocycles. The molecule has 0 unspecified atom stereocenters. The number of rotatable bonds is 1. The maximum Gasteiger partial charge on any atom is 0.241 e. The summed E-state index contributed by atoms with van der Waals surface area (Å²) in [6.07, 6.45) is 1.89. The van der Waals surface area contributed by atoms with Gasteiger partial charge in [0.05, 0.1) is 0 Å². The molecule has 1 amide bonds. The fourth-order valence-corrected chi connectivity index (χ4v) is 1.12. The van der Waals surface area contributed by atoms with Crippen LogP contribution in [0.15, 0.2) is 0 Å². The summed E-state index contributed by atoms with van der Waals surface area (Å²) < 4.78 is 0. The molecule has 1 N–H and O–H groups in total. The van der Waals surface area contributed by atoms with Crippen LogP contribution < -0.4 is 5.73 Å². The first-order valence-corrected chi connectivity index (χ1v) is 2.95. The van der Waals surface area contributed by atoms with Crippen LogP contribution >= 0.6 is 0 Å². The average Bonchev–Trinajstić information content (AvgIpc) is 1.57. The van der Waals surface area contributed by atoms with E-state index in [4.69, 9.17) is 5.73 Å². The number of nitrogens with one attached hydrogen (secondary N) is 1. The third kappa shape index (κ3) is 0.831. The Hall–Kier alpha value is -0.530. The fraction of sp³-hybridized carbons (Fsp3) is 0.833. The lowest BCUT2D eigenvalue weighted by Crippen LogP contribution is -2.29. The molecule has 2 nitrogen and oxygen atoms in total. The Balaban J connectivity index is 2.25. The molecule has 2 heteroatoms. The van der Waals surface area contributed by atoms with E-state index in [0.717, 1.165) is 12.8 Å². The summed E-state index contributed by atoms with van der Waals surface area (Å²) in [7, 11) is 0. The Morgan fingerprint density at radius 2 is 2.12 bits per heavy atom. The Morgan fingerprint density at radius 3 is 2.25 bits per heavy atom. The second kappa shape index (κ2) is 1.77. The average molecular weight is 112 g/mol. The van der Waals surface area contributed by atoms with Crippen LogP contribution in [0.25, 0.3) is 0 Å². The number of hydrogen-bond donors (Lipinski definition) is 0. The van der Waals surface area contributed by atoms with E-state index in [9.17, 15) is 4.79 Å². The van der Waals surface area contributed by atoms with Crippen molar-refractivity contribution in [3.05, 3.63) is 0 Å². The zero-order valence-electron chi connectivity index (χ0n) is 4.98. The van der Waals surface area contributed by atoms with Crippen molar-refractivity contribution in [2.45, 2.75) is 19.8 Å². The molecule has 0 bridgehead atoms. The van der Waals surface area contributed by atoms with Crippen molar-refractivity contribution < 1.29 is 4.79 Å². The normalized spacial score (nSPS) is 36.1. The van der Waals surface area contributed by atoms with Gasteiger partial charge in [-0.05, 0) is 18.8 Å². The standard InChI is InChI=1S/C6H10NO/c1-4-2-5(3-4)6(7)8/h4-5,7H,2-3H2,1H3. The van der Waals surface area contributed by atoms with Gasteiger partial charge in [0.15, 0.2) is 0 Å². The van der Waals surface area contributed by atoms with Crippen LogP contribution in [0.2, 0.25) is 0 Å². The highest BCUT2D eigenvalue weighted by molar-refractivity contribution is 5.76. The SMILES string of the molecule is CC1CC(C([NH])=O)C1. The molecule has 0 aromatic rings. The van der Waals surface area contributed by atoms with Crippen LogP contribution in [0.1, 0.15) is 19.8 Å². The molecule has 1 rings (SSSR count). The zero-order chi connectivity index (χ0) is 6.15. The predicted octanol–water partition coefficient (Wildman–Crippen LogP) is 0.842. The molecule has 1 aliphatic rings. The maximum absolute atomic E-state index is 10.2. The highest BCUT2D eigenvalue weighted by atomic mass is 16.1. The summed E-state index contributed by atoms with van der Waals surface area (Å²) in [5.41, 5.74) is 6.69. The van der Waals surface area contributed by atoms with Gasteiger partial charge in [-0.25, -0.2) is 0 Å². The van der Waals surface area contributed by atoms with E-state index in [1.807, 2.05) is 0 Å². The van der Waals surface area contributed by atoms with Crippen molar-refractivity contribution in [1.82, 2.24) is 5.73 Å². The summed E-state index contributed by atoms with van der Waals surface area (Å²) in [6.45, 7) is 2.11.